The van der Waals surface area contributed by atoms with Crippen LogP contribution in [0, 0.1) is 28.1 Å². The third-order valence-corrected chi connectivity index (χ3v) is 3.66. The summed E-state index contributed by atoms with van der Waals surface area (Å²) < 4.78 is 5.23. The van der Waals surface area contributed by atoms with Crippen molar-refractivity contribution in [3.8, 4) is 12.1 Å². The van der Waals surface area contributed by atoms with E-state index in [1.807, 2.05) is 6.07 Å². The van der Waals surface area contributed by atoms with E-state index in [4.69, 9.17) is 10.00 Å². The molecule has 0 unspecified atom stereocenters. The van der Waals surface area contributed by atoms with Crippen LogP contribution in [-0.2, 0) is 9.53 Å². The fourth-order valence-electron chi connectivity index (χ4n) is 2.29. The van der Waals surface area contributed by atoms with Gasteiger partial charge in [-0.3, -0.25) is 4.79 Å². The molecule has 5 heteroatoms. The summed E-state index contributed by atoms with van der Waals surface area (Å²) in [7, 11) is 1.65. The number of carbonyl (C=O) groups excluding carboxylic acids is 1. The molecule has 1 fully saturated rings. The monoisotopic (exact) mass is 269 g/mol. The Morgan fingerprint density at radius 3 is 2.35 bits per heavy atom. The number of ether oxygens (including phenoxy) is 1. The maximum Gasteiger partial charge on any atom is 0.247 e. The first-order valence-electron chi connectivity index (χ1n) is 6.40. The topological polar surface area (TPSA) is 77.1 Å². The Hall–Kier alpha value is -2.37. The summed E-state index contributed by atoms with van der Waals surface area (Å²) in [6, 6.07) is 10.9. The van der Waals surface area contributed by atoms with E-state index in [9.17, 15) is 10.1 Å². The van der Waals surface area contributed by atoms with Gasteiger partial charge in [0.05, 0.1) is 17.7 Å². The van der Waals surface area contributed by atoms with Crippen LogP contribution in [0.3, 0.4) is 0 Å². The number of benzene rings is 1. The van der Waals surface area contributed by atoms with E-state index in [0.717, 1.165) is 0 Å². The molecule has 1 aromatic rings. The van der Waals surface area contributed by atoms with Crippen LogP contribution in [-0.4, -0.2) is 26.2 Å². The molecule has 1 heterocycles. The van der Waals surface area contributed by atoms with E-state index < -0.39 is 5.41 Å². The molecule has 0 spiro atoms. The predicted molar refractivity (Wildman–Crippen MR) is 72.7 cm³/mol. The summed E-state index contributed by atoms with van der Waals surface area (Å²) in [6.07, 6.45) is 0.839. The smallest absolute Gasteiger partial charge is 0.247 e. The Kier molecular flexibility index (Phi) is 4.02. The number of nitriles is 2. The molecule has 1 saturated heterocycles. The van der Waals surface area contributed by atoms with Crippen molar-refractivity contribution in [1.82, 2.24) is 0 Å². The van der Waals surface area contributed by atoms with E-state index in [2.05, 4.69) is 6.07 Å². The van der Waals surface area contributed by atoms with Crippen LogP contribution in [0.4, 0.5) is 5.69 Å². The molecular weight excluding hydrogens is 254 g/mol. The third kappa shape index (κ3) is 2.49. The molecule has 102 valence electrons. The van der Waals surface area contributed by atoms with Gasteiger partial charge < -0.3 is 9.64 Å². The summed E-state index contributed by atoms with van der Waals surface area (Å²) in [4.78, 5) is 14.1. The maximum absolute atomic E-state index is 12.6. The summed E-state index contributed by atoms with van der Waals surface area (Å²) >= 11 is 0. The van der Waals surface area contributed by atoms with Gasteiger partial charge in [0, 0.05) is 25.9 Å². The first-order valence-corrected chi connectivity index (χ1v) is 6.40. The zero-order chi connectivity index (χ0) is 14.6. The lowest BCUT2D eigenvalue weighted by Gasteiger charge is -2.33. The van der Waals surface area contributed by atoms with Crippen LogP contribution in [0.2, 0.25) is 0 Å². The SMILES string of the molecule is CN(C(=O)C1(C#N)CCOCC1)c1ccc(C#N)cc1. The molecule has 0 bridgehead atoms. The molecule has 0 N–H and O–H groups in total. The Morgan fingerprint density at radius 1 is 1.25 bits per heavy atom. The Morgan fingerprint density at radius 2 is 1.85 bits per heavy atom. The number of rotatable bonds is 2. The van der Waals surface area contributed by atoms with E-state index in [-0.39, 0.29) is 5.91 Å². The van der Waals surface area contributed by atoms with Crippen LogP contribution >= 0.6 is 0 Å². The predicted octanol–water partition coefficient (Wildman–Crippen LogP) is 1.84. The molecule has 1 amide bonds. The molecular formula is C15H15N3O2. The first-order chi connectivity index (χ1) is 9.63. The van der Waals surface area contributed by atoms with Crippen LogP contribution in [0.1, 0.15) is 18.4 Å². The van der Waals surface area contributed by atoms with Crippen molar-refractivity contribution in [2.24, 2.45) is 5.41 Å². The third-order valence-electron chi connectivity index (χ3n) is 3.66. The van der Waals surface area contributed by atoms with Crippen LogP contribution in [0.15, 0.2) is 24.3 Å². The highest BCUT2D eigenvalue weighted by atomic mass is 16.5. The Balaban J connectivity index is 2.23. The van der Waals surface area contributed by atoms with E-state index in [1.54, 1.807) is 31.3 Å². The van der Waals surface area contributed by atoms with Gasteiger partial charge in [-0.2, -0.15) is 10.5 Å². The van der Waals surface area contributed by atoms with Gasteiger partial charge in [-0.25, -0.2) is 0 Å². The van der Waals surface area contributed by atoms with Crippen LogP contribution in [0.25, 0.3) is 0 Å². The van der Waals surface area contributed by atoms with Gasteiger partial charge in [-0.15, -0.1) is 0 Å². The summed E-state index contributed by atoms with van der Waals surface area (Å²) in [5, 5.41) is 18.2. The highest BCUT2D eigenvalue weighted by molar-refractivity contribution is 5.99. The highest BCUT2D eigenvalue weighted by Gasteiger charge is 2.42. The van der Waals surface area contributed by atoms with Gasteiger partial charge in [-0.05, 0) is 37.1 Å². The minimum atomic E-state index is -0.999. The Bertz CT molecular complexity index is 575. The molecule has 1 aliphatic rings. The second kappa shape index (κ2) is 5.73. The highest BCUT2D eigenvalue weighted by Crippen LogP contribution is 2.33. The second-order valence-corrected chi connectivity index (χ2v) is 4.83. The molecule has 1 aromatic carbocycles. The van der Waals surface area contributed by atoms with E-state index in [0.29, 0.717) is 37.3 Å². The van der Waals surface area contributed by atoms with Gasteiger partial charge >= 0.3 is 0 Å². The van der Waals surface area contributed by atoms with Gasteiger partial charge in [0.1, 0.15) is 5.41 Å². The van der Waals surface area contributed by atoms with Gasteiger partial charge in [0.25, 0.3) is 0 Å². The number of amides is 1. The fraction of sp³-hybridized carbons (Fsp3) is 0.400. The summed E-state index contributed by atoms with van der Waals surface area (Å²) in [5.74, 6) is -0.215. The average molecular weight is 269 g/mol. The molecule has 0 saturated carbocycles. The van der Waals surface area contributed by atoms with Gasteiger partial charge in [0.15, 0.2) is 0 Å². The lowest BCUT2D eigenvalue weighted by Crippen LogP contribution is -2.44. The first kappa shape index (κ1) is 14.0. The van der Waals surface area contributed by atoms with Crippen LogP contribution < -0.4 is 4.90 Å². The van der Waals surface area contributed by atoms with Gasteiger partial charge in [-0.1, -0.05) is 0 Å². The Labute approximate surface area is 118 Å². The standard InChI is InChI=1S/C15H15N3O2/c1-18(13-4-2-12(10-16)3-5-13)14(19)15(11-17)6-8-20-9-7-15/h2-5H,6-9H2,1H3. The van der Waals surface area contributed by atoms with Crippen molar-refractivity contribution in [1.29, 1.82) is 10.5 Å². The number of carbonyl (C=O) groups is 1. The molecule has 0 radical (unpaired) electrons. The minimum Gasteiger partial charge on any atom is -0.381 e. The van der Waals surface area contributed by atoms with Crippen molar-refractivity contribution < 1.29 is 9.53 Å². The maximum atomic E-state index is 12.6. The average Bonchev–Trinajstić information content (AvgIpc) is 2.54. The molecule has 0 atom stereocenters. The second-order valence-electron chi connectivity index (χ2n) is 4.83. The zero-order valence-corrected chi connectivity index (χ0v) is 11.3. The fourth-order valence-corrected chi connectivity index (χ4v) is 2.29. The number of hydrogen-bond donors (Lipinski definition) is 0. The number of hydrogen-bond acceptors (Lipinski definition) is 4. The van der Waals surface area contributed by atoms with Crippen molar-refractivity contribution in [3.05, 3.63) is 29.8 Å². The van der Waals surface area contributed by atoms with Crippen molar-refractivity contribution in [2.75, 3.05) is 25.2 Å². The van der Waals surface area contributed by atoms with Crippen molar-refractivity contribution in [3.63, 3.8) is 0 Å². The lowest BCUT2D eigenvalue weighted by atomic mass is 9.80. The normalized spacial score (nSPS) is 16.8. The van der Waals surface area contributed by atoms with Crippen molar-refractivity contribution >= 4 is 11.6 Å². The summed E-state index contributed by atoms with van der Waals surface area (Å²) in [5.41, 5.74) is 0.215. The molecule has 5 nitrogen and oxygen atoms in total. The van der Waals surface area contributed by atoms with E-state index in [1.165, 1.54) is 4.90 Å². The van der Waals surface area contributed by atoms with Crippen molar-refractivity contribution in [2.45, 2.75) is 12.8 Å². The quantitative estimate of drug-likeness (QED) is 0.820. The molecule has 1 aliphatic heterocycles. The number of nitrogens with zero attached hydrogens (tertiary/aromatic N) is 3. The zero-order valence-electron chi connectivity index (χ0n) is 11.3. The van der Waals surface area contributed by atoms with E-state index >= 15 is 0 Å². The lowest BCUT2D eigenvalue weighted by molar-refractivity contribution is -0.129. The van der Waals surface area contributed by atoms with Crippen LogP contribution in [0.5, 0.6) is 0 Å². The molecule has 0 aliphatic carbocycles. The van der Waals surface area contributed by atoms with Gasteiger partial charge in [0.2, 0.25) is 5.91 Å². The molecule has 0 aromatic heterocycles. The summed E-state index contributed by atoms with van der Waals surface area (Å²) in [6.45, 7) is 0.862. The molecule has 2 rings (SSSR count). The largest absolute Gasteiger partial charge is 0.381 e. The molecule has 20 heavy (non-hydrogen) atoms. The number of anilines is 1. The minimum absolute atomic E-state index is 0.215.